The molecule has 0 spiro atoms. The summed E-state index contributed by atoms with van der Waals surface area (Å²) >= 11 is 7.80. The Kier molecular flexibility index (Phi) is 6.23. The van der Waals surface area contributed by atoms with Gasteiger partial charge in [0.15, 0.2) is 11.6 Å². The average molecular weight is 504 g/mol. The van der Waals surface area contributed by atoms with Gasteiger partial charge in [0.25, 0.3) is 5.91 Å². The second-order valence-corrected chi connectivity index (χ2v) is 9.56. The summed E-state index contributed by atoms with van der Waals surface area (Å²) in [5, 5.41) is 13.3. The molecular weight excluding hydrogens is 482 g/mol. The number of thiophene rings is 1. The first-order valence-corrected chi connectivity index (χ1v) is 12.3. The molecule has 0 aliphatic heterocycles. The van der Waals surface area contributed by atoms with E-state index in [1.807, 2.05) is 54.9 Å². The summed E-state index contributed by atoms with van der Waals surface area (Å²) in [6, 6.07) is 18.6. The average Bonchev–Trinajstić information content (AvgIpc) is 3.59. The molecule has 35 heavy (non-hydrogen) atoms. The number of aryl methyl sites for hydroxylation is 2. The molecule has 0 saturated carbocycles. The molecule has 0 radical (unpaired) electrons. The van der Waals surface area contributed by atoms with Crippen molar-refractivity contribution in [2.75, 3.05) is 0 Å². The standard InChI is InChI=1S/C26H22ClN5O2S/c1-3-17-13-19(24(33)18-9-5-6-10-20(18)27)26(35-17)32-15-29-30-23(32)14-28-25(34)22-12-16-8-4-7-11-21(16)31(22)2/h4-13,15H,3,14H2,1-2H3,(H,28,34). The first-order chi connectivity index (χ1) is 17.0. The second-order valence-electron chi connectivity index (χ2n) is 8.04. The van der Waals surface area contributed by atoms with E-state index in [2.05, 4.69) is 15.5 Å². The monoisotopic (exact) mass is 503 g/mol. The topological polar surface area (TPSA) is 81.8 Å². The largest absolute Gasteiger partial charge is 0.343 e. The Hall–Kier alpha value is -3.75. The number of ketones is 1. The molecule has 7 nitrogen and oxygen atoms in total. The number of aromatic nitrogens is 4. The number of rotatable bonds is 7. The van der Waals surface area contributed by atoms with Crippen LogP contribution in [0, 0.1) is 0 Å². The van der Waals surface area contributed by atoms with Gasteiger partial charge < -0.3 is 9.88 Å². The summed E-state index contributed by atoms with van der Waals surface area (Å²) < 4.78 is 3.62. The normalized spacial score (nSPS) is 11.2. The Balaban J connectivity index is 1.44. The van der Waals surface area contributed by atoms with E-state index in [9.17, 15) is 9.59 Å². The smallest absolute Gasteiger partial charge is 0.268 e. The third-order valence-corrected chi connectivity index (χ3v) is 7.51. The summed E-state index contributed by atoms with van der Waals surface area (Å²) in [7, 11) is 1.87. The fourth-order valence-corrected chi connectivity index (χ4v) is 5.35. The molecule has 3 aromatic heterocycles. The molecule has 0 aliphatic carbocycles. The molecule has 176 valence electrons. The van der Waals surface area contributed by atoms with Gasteiger partial charge in [0.2, 0.25) is 0 Å². The minimum absolute atomic E-state index is 0.152. The van der Waals surface area contributed by atoms with Gasteiger partial charge in [-0.2, -0.15) is 0 Å². The third-order valence-electron chi connectivity index (χ3n) is 5.90. The highest BCUT2D eigenvalue weighted by Crippen LogP contribution is 2.31. The van der Waals surface area contributed by atoms with Gasteiger partial charge in [-0.3, -0.25) is 14.2 Å². The SMILES string of the molecule is CCc1cc(C(=O)c2ccccc2Cl)c(-n2cnnc2CNC(=O)c2cc3ccccc3n2C)s1. The van der Waals surface area contributed by atoms with Gasteiger partial charge in [-0.15, -0.1) is 21.5 Å². The van der Waals surface area contributed by atoms with E-state index in [0.29, 0.717) is 32.7 Å². The van der Waals surface area contributed by atoms with E-state index in [-0.39, 0.29) is 18.2 Å². The number of benzene rings is 2. The van der Waals surface area contributed by atoms with Crippen molar-refractivity contribution in [2.24, 2.45) is 7.05 Å². The predicted molar refractivity (Wildman–Crippen MR) is 138 cm³/mol. The number of hydrogen-bond donors (Lipinski definition) is 1. The maximum Gasteiger partial charge on any atom is 0.268 e. The lowest BCUT2D eigenvalue weighted by atomic mass is 10.0. The van der Waals surface area contributed by atoms with E-state index < -0.39 is 0 Å². The van der Waals surface area contributed by atoms with E-state index in [1.54, 1.807) is 35.2 Å². The number of para-hydroxylation sites is 1. The molecule has 0 unspecified atom stereocenters. The van der Waals surface area contributed by atoms with Crippen molar-refractivity contribution in [3.05, 3.63) is 99.5 Å². The molecule has 2 aromatic carbocycles. The first-order valence-electron chi connectivity index (χ1n) is 11.1. The number of halogens is 1. The number of fused-ring (bicyclic) bond motifs is 1. The number of carbonyl (C=O) groups is 2. The number of hydrogen-bond acceptors (Lipinski definition) is 5. The van der Waals surface area contributed by atoms with E-state index in [0.717, 1.165) is 22.2 Å². The van der Waals surface area contributed by atoms with Crippen LogP contribution in [-0.2, 0) is 20.0 Å². The Bertz CT molecular complexity index is 1570. The highest BCUT2D eigenvalue weighted by molar-refractivity contribution is 7.15. The minimum Gasteiger partial charge on any atom is -0.343 e. The quantitative estimate of drug-likeness (QED) is 0.309. The van der Waals surface area contributed by atoms with Crippen LogP contribution in [0.15, 0.2) is 67.0 Å². The second kappa shape index (κ2) is 9.48. The van der Waals surface area contributed by atoms with Gasteiger partial charge in [-0.25, -0.2) is 0 Å². The van der Waals surface area contributed by atoms with Gasteiger partial charge in [0.05, 0.1) is 17.1 Å². The zero-order valence-corrected chi connectivity index (χ0v) is 20.7. The van der Waals surface area contributed by atoms with Crippen molar-refractivity contribution in [1.82, 2.24) is 24.6 Å². The van der Waals surface area contributed by atoms with E-state index >= 15 is 0 Å². The number of nitrogens with zero attached hydrogens (tertiary/aromatic N) is 4. The zero-order valence-electron chi connectivity index (χ0n) is 19.2. The van der Waals surface area contributed by atoms with Crippen LogP contribution in [0.3, 0.4) is 0 Å². The molecule has 3 heterocycles. The van der Waals surface area contributed by atoms with Gasteiger partial charge in [-0.05, 0) is 36.8 Å². The summed E-state index contributed by atoms with van der Waals surface area (Å²) in [6.45, 7) is 2.19. The minimum atomic E-state index is -0.217. The van der Waals surface area contributed by atoms with Crippen LogP contribution >= 0.6 is 22.9 Å². The maximum atomic E-state index is 13.4. The summed E-state index contributed by atoms with van der Waals surface area (Å²) in [4.78, 5) is 27.4. The van der Waals surface area contributed by atoms with E-state index in [1.165, 1.54) is 11.3 Å². The fourth-order valence-electron chi connectivity index (χ4n) is 4.04. The lowest BCUT2D eigenvalue weighted by molar-refractivity contribution is 0.0941. The Morgan fingerprint density at radius 1 is 1.06 bits per heavy atom. The molecule has 0 bridgehead atoms. The molecule has 5 rings (SSSR count). The van der Waals surface area contributed by atoms with Crippen molar-refractivity contribution in [2.45, 2.75) is 19.9 Å². The van der Waals surface area contributed by atoms with Crippen LogP contribution in [0.5, 0.6) is 0 Å². The fraction of sp³-hybridized carbons (Fsp3) is 0.154. The summed E-state index contributed by atoms with van der Waals surface area (Å²) in [5.74, 6) is 0.140. The van der Waals surface area contributed by atoms with Gasteiger partial charge in [0, 0.05) is 28.4 Å². The lowest BCUT2D eigenvalue weighted by Gasteiger charge is -2.09. The van der Waals surface area contributed by atoms with Crippen LogP contribution in [0.25, 0.3) is 15.9 Å². The van der Waals surface area contributed by atoms with Crippen molar-refractivity contribution in [3.8, 4) is 5.00 Å². The van der Waals surface area contributed by atoms with Crippen LogP contribution in [0.2, 0.25) is 5.02 Å². The van der Waals surface area contributed by atoms with Crippen LogP contribution < -0.4 is 5.32 Å². The summed E-state index contributed by atoms with van der Waals surface area (Å²) in [5.41, 5.74) is 2.50. The molecule has 0 fully saturated rings. The van der Waals surface area contributed by atoms with E-state index in [4.69, 9.17) is 11.6 Å². The number of amides is 1. The number of carbonyl (C=O) groups excluding carboxylic acids is 2. The Morgan fingerprint density at radius 3 is 2.60 bits per heavy atom. The Morgan fingerprint density at radius 2 is 1.83 bits per heavy atom. The van der Waals surface area contributed by atoms with Crippen LogP contribution in [-0.4, -0.2) is 31.0 Å². The Labute approximate surface area is 211 Å². The molecule has 0 atom stereocenters. The van der Waals surface area contributed by atoms with Crippen molar-refractivity contribution in [1.29, 1.82) is 0 Å². The molecule has 0 saturated heterocycles. The highest BCUT2D eigenvalue weighted by atomic mass is 35.5. The molecule has 0 aliphatic rings. The maximum absolute atomic E-state index is 13.4. The first kappa shape index (κ1) is 23.0. The van der Waals surface area contributed by atoms with Crippen LogP contribution in [0.1, 0.15) is 44.0 Å². The van der Waals surface area contributed by atoms with Gasteiger partial charge in [0.1, 0.15) is 17.0 Å². The van der Waals surface area contributed by atoms with Crippen molar-refractivity contribution in [3.63, 3.8) is 0 Å². The molecule has 5 aromatic rings. The molecule has 1 N–H and O–H groups in total. The third kappa shape index (κ3) is 4.26. The predicted octanol–water partition coefficient (Wildman–Crippen LogP) is 5.20. The molecule has 9 heteroatoms. The lowest BCUT2D eigenvalue weighted by Crippen LogP contribution is -2.26. The highest BCUT2D eigenvalue weighted by Gasteiger charge is 2.23. The van der Waals surface area contributed by atoms with Gasteiger partial charge in [-0.1, -0.05) is 48.9 Å². The molecular formula is C26H22ClN5O2S. The molecule has 1 amide bonds. The zero-order chi connectivity index (χ0) is 24.5. The van der Waals surface area contributed by atoms with Crippen LogP contribution in [0.4, 0.5) is 0 Å². The summed E-state index contributed by atoms with van der Waals surface area (Å²) in [6.07, 6.45) is 2.34. The van der Waals surface area contributed by atoms with Crippen molar-refractivity contribution < 1.29 is 9.59 Å². The number of nitrogens with one attached hydrogen (secondary N) is 1. The van der Waals surface area contributed by atoms with Crippen molar-refractivity contribution >= 4 is 45.5 Å². The van der Waals surface area contributed by atoms with Gasteiger partial charge >= 0.3 is 0 Å².